The van der Waals surface area contributed by atoms with E-state index in [-0.39, 0.29) is 12.5 Å². The van der Waals surface area contributed by atoms with Gasteiger partial charge in [0.15, 0.2) is 0 Å². The maximum atomic E-state index is 12.0. The molecule has 2 aromatic rings. The summed E-state index contributed by atoms with van der Waals surface area (Å²) in [7, 11) is 0. The third kappa shape index (κ3) is 3.99. The van der Waals surface area contributed by atoms with Gasteiger partial charge < -0.3 is 10.6 Å². The quantitative estimate of drug-likeness (QED) is 0.883. The van der Waals surface area contributed by atoms with Gasteiger partial charge >= 0.3 is 0 Å². The number of carbonyl (C=O) groups is 1. The van der Waals surface area contributed by atoms with Crippen molar-refractivity contribution in [3.63, 3.8) is 0 Å². The molecular weight excluding hydrogens is 284 g/mol. The molecule has 0 radical (unpaired) electrons. The summed E-state index contributed by atoms with van der Waals surface area (Å²) >= 11 is 6.04. The molecule has 2 N–H and O–H groups in total. The first-order valence-corrected chi connectivity index (χ1v) is 7.21. The zero-order valence-electron chi connectivity index (χ0n) is 12.5. The Bertz CT molecular complexity index is 668. The molecule has 110 valence electrons. The predicted octanol–water partition coefficient (Wildman–Crippen LogP) is 4.32. The number of benzene rings is 2. The molecule has 2 rings (SSSR count). The molecule has 3 nitrogen and oxygen atoms in total. The molecule has 0 bridgehead atoms. The zero-order valence-corrected chi connectivity index (χ0v) is 13.2. The highest BCUT2D eigenvalue weighted by Gasteiger charge is 2.06. The van der Waals surface area contributed by atoms with Gasteiger partial charge in [-0.2, -0.15) is 0 Å². The van der Waals surface area contributed by atoms with Gasteiger partial charge in [-0.25, -0.2) is 0 Å². The van der Waals surface area contributed by atoms with E-state index in [0.29, 0.717) is 5.02 Å². The fourth-order valence-corrected chi connectivity index (χ4v) is 2.15. The van der Waals surface area contributed by atoms with Gasteiger partial charge in [0.2, 0.25) is 5.91 Å². The van der Waals surface area contributed by atoms with Gasteiger partial charge in [0.25, 0.3) is 0 Å². The van der Waals surface area contributed by atoms with Crippen LogP contribution in [0, 0.1) is 20.8 Å². The van der Waals surface area contributed by atoms with Gasteiger partial charge in [0, 0.05) is 16.4 Å². The van der Waals surface area contributed by atoms with E-state index in [9.17, 15) is 4.79 Å². The molecule has 0 aliphatic rings. The summed E-state index contributed by atoms with van der Waals surface area (Å²) in [4.78, 5) is 12.0. The van der Waals surface area contributed by atoms with Gasteiger partial charge in [-0.3, -0.25) is 4.79 Å². The molecule has 2 aromatic carbocycles. The minimum atomic E-state index is -0.0985. The molecule has 4 heteroatoms. The minimum Gasteiger partial charge on any atom is -0.376 e. The standard InChI is InChI=1S/C17H19ClN2O/c1-11-7-8-14(9-12(11)2)19-10-17(21)20-16-6-4-5-15(18)13(16)3/h4-9,19H,10H2,1-3H3,(H,20,21). The van der Waals surface area contributed by atoms with Crippen molar-refractivity contribution in [3.8, 4) is 0 Å². The fraction of sp³-hybridized carbons (Fsp3) is 0.235. The van der Waals surface area contributed by atoms with Crippen molar-refractivity contribution in [2.45, 2.75) is 20.8 Å². The van der Waals surface area contributed by atoms with Crippen LogP contribution in [0.15, 0.2) is 36.4 Å². The highest BCUT2D eigenvalue weighted by molar-refractivity contribution is 6.31. The van der Waals surface area contributed by atoms with Crippen LogP contribution in [-0.4, -0.2) is 12.5 Å². The van der Waals surface area contributed by atoms with E-state index < -0.39 is 0 Å². The number of carbonyl (C=O) groups excluding carboxylic acids is 1. The van der Waals surface area contributed by atoms with Crippen LogP contribution in [0.4, 0.5) is 11.4 Å². The second kappa shape index (κ2) is 6.64. The normalized spacial score (nSPS) is 10.3. The Morgan fingerprint density at radius 2 is 1.86 bits per heavy atom. The highest BCUT2D eigenvalue weighted by atomic mass is 35.5. The summed E-state index contributed by atoms with van der Waals surface area (Å²) in [6, 6.07) is 11.5. The SMILES string of the molecule is Cc1ccc(NCC(=O)Nc2cccc(Cl)c2C)cc1C. The van der Waals surface area contributed by atoms with Crippen LogP contribution in [0.5, 0.6) is 0 Å². The largest absolute Gasteiger partial charge is 0.376 e. The lowest BCUT2D eigenvalue weighted by Gasteiger charge is -2.11. The van der Waals surface area contributed by atoms with Crippen LogP contribution in [0.1, 0.15) is 16.7 Å². The van der Waals surface area contributed by atoms with E-state index in [1.807, 2.05) is 37.3 Å². The summed E-state index contributed by atoms with van der Waals surface area (Å²) in [6.07, 6.45) is 0. The molecule has 0 saturated carbocycles. The molecule has 1 amide bonds. The predicted molar refractivity (Wildman–Crippen MR) is 89.2 cm³/mol. The first kappa shape index (κ1) is 15.4. The van der Waals surface area contributed by atoms with Crippen molar-refractivity contribution in [2.24, 2.45) is 0 Å². The fourth-order valence-electron chi connectivity index (χ4n) is 1.97. The molecule has 0 unspecified atom stereocenters. The van der Waals surface area contributed by atoms with Gasteiger partial charge in [-0.05, 0) is 61.7 Å². The average molecular weight is 303 g/mol. The third-order valence-electron chi connectivity index (χ3n) is 3.50. The van der Waals surface area contributed by atoms with Gasteiger partial charge in [-0.15, -0.1) is 0 Å². The Labute approximate surface area is 130 Å². The van der Waals surface area contributed by atoms with Gasteiger partial charge in [0.05, 0.1) is 6.54 Å². The van der Waals surface area contributed by atoms with E-state index in [1.165, 1.54) is 11.1 Å². The minimum absolute atomic E-state index is 0.0985. The van der Waals surface area contributed by atoms with E-state index in [2.05, 4.69) is 24.5 Å². The number of nitrogens with one attached hydrogen (secondary N) is 2. The molecule has 21 heavy (non-hydrogen) atoms. The number of hydrogen-bond acceptors (Lipinski definition) is 2. The van der Waals surface area contributed by atoms with Crippen molar-refractivity contribution in [1.82, 2.24) is 0 Å². The van der Waals surface area contributed by atoms with Crippen molar-refractivity contribution in [3.05, 3.63) is 58.1 Å². The Balaban J connectivity index is 1.96. The van der Waals surface area contributed by atoms with Gasteiger partial charge in [0.1, 0.15) is 0 Å². The van der Waals surface area contributed by atoms with Crippen molar-refractivity contribution in [2.75, 3.05) is 17.2 Å². The van der Waals surface area contributed by atoms with Crippen LogP contribution in [0.25, 0.3) is 0 Å². The Morgan fingerprint density at radius 3 is 2.57 bits per heavy atom. The van der Waals surface area contributed by atoms with Crippen LogP contribution in [-0.2, 0) is 4.79 Å². The maximum Gasteiger partial charge on any atom is 0.243 e. The number of hydrogen-bond donors (Lipinski definition) is 2. The lowest BCUT2D eigenvalue weighted by molar-refractivity contribution is -0.114. The lowest BCUT2D eigenvalue weighted by Crippen LogP contribution is -2.22. The molecule has 0 saturated heterocycles. The first-order chi connectivity index (χ1) is 9.97. The molecule has 0 heterocycles. The average Bonchev–Trinajstić information content (AvgIpc) is 2.45. The molecule has 0 aliphatic carbocycles. The van der Waals surface area contributed by atoms with E-state index in [4.69, 9.17) is 11.6 Å². The zero-order chi connectivity index (χ0) is 15.4. The Kier molecular flexibility index (Phi) is 4.86. The van der Waals surface area contributed by atoms with Gasteiger partial charge in [-0.1, -0.05) is 23.7 Å². The third-order valence-corrected chi connectivity index (χ3v) is 3.91. The number of anilines is 2. The number of aryl methyl sites for hydroxylation is 2. The van der Waals surface area contributed by atoms with Crippen molar-refractivity contribution < 1.29 is 4.79 Å². The summed E-state index contributed by atoms with van der Waals surface area (Å²) in [5, 5.41) is 6.63. The van der Waals surface area contributed by atoms with E-state index >= 15 is 0 Å². The van der Waals surface area contributed by atoms with Crippen LogP contribution >= 0.6 is 11.6 Å². The highest BCUT2D eigenvalue weighted by Crippen LogP contribution is 2.22. The number of amides is 1. The topological polar surface area (TPSA) is 41.1 Å². The number of halogens is 1. The van der Waals surface area contributed by atoms with Crippen molar-refractivity contribution >= 4 is 28.9 Å². The number of rotatable bonds is 4. The first-order valence-electron chi connectivity index (χ1n) is 6.83. The Morgan fingerprint density at radius 1 is 1.10 bits per heavy atom. The molecule has 0 fully saturated rings. The summed E-state index contributed by atoms with van der Waals surface area (Å²) in [5.41, 5.74) is 5.00. The lowest BCUT2D eigenvalue weighted by atomic mass is 10.1. The smallest absolute Gasteiger partial charge is 0.243 e. The summed E-state index contributed by atoms with van der Waals surface area (Å²) in [6.45, 7) is 6.22. The van der Waals surface area contributed by atoms with Crippen molar-refractivity contribution in [1.29, 1.82) is 0 Å². The van der Waals surface area contributed by atoms with Crippen LogP contribution < -0.4 is 10.6 Å². The van der Waals surface area contributed by atoms with Crippen LogP contribution in [0.3, 0.4) is 0 Å². The second-order valence-corrected chi connectivity index (χ2v) is 5.52. The second-order valence-electron chi connectivity index (χ2n) is 5.11. The van der Waals surface area contributed by atoms with E-state index in [0.717, 1.165) is 16.9 Å². The molecule has 0 aromatic heterocycles. The summed E-state index contributed by atoms with van der Waals surface area (Å²) < 4.78 is 0. The van der Waals surface area contributed by atoms with Crippen LogP contribution in [0.2, 0.25) is 5.02 Å². The monoisotopic (exact) mass is 302 g/mol. The summed E-state index contributed by atoms with van der Waals surface area (Å²) in [5.74, 6) is -0.0985. The molecule has 0 spiro atoms. The maximum absolute atomic E-state index is 12.0. The Hall–Kier alpha value is -2.00. The molecular formula is C17H19ClN2O. The molecule has 0 aliphatic heterocycles. The molecule has 0 atom stereocenters. The van der Waals surface area contributed by atoms with E-state index in [1.54, 1.807) is 6.07 Å².